The Labute approximate surface area is 134 Å². The average Bonchev–Trinajstić information content (AvgIpc) is 2.77. The van der Waals surface area contributed by atoms with E-state index in [0.717, 1.165) is 36.1 Å². The molecule has 0 radical (unpaired) electrons. The first-order chi connectivity index (χ1) is 10.2. The first-order valence-electron chi connectivity index (χ1n) is 8.31. The predicted molar refractivity (Wildman–Crippen MR) is 90.0 cm³/mol. The van der Waals surface area contributed by atoms with Gasteiger partial charge in [-0.15, -0.1) is 0 Å². The van der Waals surface area contributed by atoms with E-state index >= 15 is 0 Å². The predicted octanol–water partition coefficient (Wildman–Crippen LogP) is 4.01. The number of benzene rings is 1. The number of hydrogen-bond acceptors (Lipinski definition) is 2. The van der Waals surface area contributed by atoms with Crippen LogP contribution < -0.4 is 0 Å². The van der Waals surface area contributed by atoms with Crippen molar-refractivity contribution in [2.75, 3.05) is 6.54 Å². The highest BCUT2D eigenvalue weighted by Crippen LogP contribution is 2.36. The fourth-order valence-electron chi connectivity index (χ4n) is 3.11. The molecule has 0 aliphatic carbocycles. The summed E-state index contributed by atoms with van der Waals surface area (Å²) in [6.07, 6.45) is 2.49. The summed E-state index contributed by atoms with van der Waals surface area (Å²) < 4.78 is 0. The summed E-state index contributed by atoms with van der Waals surface area (Å²) in [6, 6.07) is 4.15. The Hall–Kier alpha value is -1.51. The van der Waals surface area contributed by atoms with Crippen LogP contribution in [-0.4, -0.2) is 22.5 Å². The number of likely N-dealkylation sites (tertiary alicyclic amines) is 1. The van der Waals surface area contributed by atoms with E-state index in [0.29, 0.717) is 24.6 Å². The number of hydrogen-bond donors (Lipinski definition) is 1. The highest BCUT2D eigenvalue weighted by atomic mass is 16.3. The molecule has 0 saturated carbocycles. The van der Waals surface area contributed by atoms with Gasteiger partial charge in [0.1, 0.15) is 5.75 Å². The van der Waals surface area contributed by atoms with Gasteiger partial charge in [0.15, 0.2) is 0 Å². The number of carbonyl (C=O) groups is 1. The van der Waals surface area contributed by atoms with Crippen molar-refractivity contribution in [3.05, 3.63) is 28.8 Å². The summed E-state index contributed by atoms with van der Waals surface area (Å²) in [4.78, 5) is 13.8. The summed E-state index contributed by atoms with van der Waals surface area (Å²) in [7, 11) is 0. The SMILES string of the molecule is CC(C)Cc1cc(CN2CCCC2=O)cc(C(C)(C)C)c1O. The van der Waals surface area contributed by atoms with Gasteiger partial charge in [-0.2, -0.15) is 0 Å². The van der Waals surface area contributed by atoms with Gasteiger partial charge < -0.3 is 10.0 Å². The maximum Gasteiger partial charge on any atom is 0.222 e. The number of amides is 1. The van der Waals surface area contributed by atoms with Crippen molar-refractivity contribution < 1.29 is 9.90 Å². The van der Waals surface area contributed by atoms with Crippen molar-refractivity contribution in [2.45, 2.75) is 65.8 Å². The third kappa shape index (κ3) is 3.82. The minimum absolute atomic E-state index is 0.110. The lowest BCUT2D eigenvalue weighted by Crippen LogP contribution is -2.24. The Morgan fingerprint density at radius 2 is 1.95 bits per heavy atom. The maximum atomic E-state index is 11.9. The fraction of sp³-hybridized carbons (Fsp3) is 0.632. The molecule has 0 unspecified atom stereocenters. The number of carbonyl (C=O) groups excluding carboxylic acids is 1. The minimum Gasteiger partial charge on any atom is -0.507 e. The molecule has 0 atom stereocenters. The molecule has 2 rings (SSSR count). The minimum atomic E-state index is -0.110. The van der Waals surface area contributed by atoms with Crippen LogP contribution in [0.5, 0.6) is 5.75 Å². The normalized spacial score (nSPS) is 15.9. The quantitative estimate of drug-likeness (QED) is 0.913. The summed E-state index contributed by atoms with van der Waals surface area (Å²) in [5.41, 5.74) is 3.01. The van der Waals surface area contributed by atoms with Gasteiger partial charge in [0.05, 0.1) is 0 Å². The van der Waals surface area contributed by atoms with Crippen LogP contribution in [0.15, 0.2) is 12.1 Å². The first kappa shape index (κ1) is 16.9. The van der Waals surface area contributed by atoms with Crippen molar-refractivity contribution in [3.8, 4) is 5.75 Å². The van der Waals surface area contributed by atoms with E-state index in [2.05, 4.69) is 46.8 Å². The van der Waals surface area contributed by atoms with Gasteiger partial charge >= 0.3 is 0 Å². The van der Waals surface area contributed by atoms with Crippen LogP contribution in [-0.2, 0) is 23.2 Å². The van der Waals surface area contributed by atoms with Gasteiger partial charge in [-0.05, 0) is 46.9 Å². The fourth-order valence-corrected chi connectivity index (χ4v) is 3.11. The second-order valence-corrected chi connectivity index (χ2v) is 7.92. The van der Waals surface area contributed by atoms with Gasteiger partial charge in [-0.1, -0.05) is 40.7 Å². The molecule has 1 N–H and O–H groups in total. The lowest BCUT2D eigenvalue weighted by molar-refractivity contribution is -0.128. The molecule has 0 bridgehead atoms. The monoisotopic (exact) mass is 303 g/mol. The second kappa shape index (κ2) is 6.31. The molecule has 1 aliphatic heterocycles. The number of aromatic hydroxyl groups is 1. The molecule has 122 valence electrons. The van der Waals surface area contributed by atoms with E-state index in [1.165, 1.54) is 0 Å². The second-order valence-electron chi connectivity index (χ2n) is 7.92. The summed E-state index contributed by atoms with van der Waals surface area (Å²) in [5, 5.41) is 10.6. The Kier molecular flexibility index (Phi) is 4.84. The summed E-state index contributed by atoms with van der Waals surface area (Å²) >= 11 is 0. The molecule has 22 heavy (non-hydrogen) atoms. The molecular formula is C19H29NO2. The van der Waals surface area contributed by atoms with E-state index in [1.54, 1.807) is 0 Å². The van der Waals surface area contributed by atoms with Crippen molar-refractivity contribution >= 4 is 5.91 Å². The van der Waals surface area contributed by atoms with Gasteiger partial charge in [0.2, 0.25) is 5.91 Å². The standard InChI is InChI=1S/C19H29NO2/c1-13(2)9-15-10-14(12-20-8-6-7-17(20)21)11-16(18(15)22)19(3,4)5/h10-11,13,22H,6-9,12H2,1-5H3. The molecule has 1 fully saturated rings. The maximum absolute atomic E-state index is 11.9. The van der Waals surface area contributed by atoms with Crippen LogP contribution in [0.1, 0.15) is 64.2 Å². The lowest BCUT2D eigenvalue weighted by atomic mass is 9.83. The van der Waals surface area contributed by atoms with Gasteiger partial charge in [-0.25, -0.2) is 0 Å². The Balaban J connectivity index is 2.38. The number of nitrogens with zero attached hydrogens (tertiary/aromatic N) is 1. The van der Waals surface area contributed by atoms with Crippen molar-refractivity contribution in [1.29, 1.82) is 0 Å². The van der Waals surface area contributed by atoms with Gasteiger partial charge in [-0.3, -0.25) is 4.79 Å². The molecule has 1 amide bonds. The van der Waals surface area contributed by atoms with Gasteiger partial charge in [0, 0.05) is 19.5 Å². The molecule has 1 aliphatic rings. The van der Waals surface area contributed by atoms with E-state index in [1.807, 2.05) is 4.90 Å². The largest absolute Gasteiger partial charge is 0.507 e. The molecule has 0 aromatic heterocycles. The Bertz CT molecular complexity index is 555. The third-order valence-electron chi connectivity index (χ3n) is 4.23. The van der Waals surface area contributed by atoms with E-state index < -0.39 is 0 Å². The molecule has 3 nitrogen and oxygen atoms in total. The molecule has 0 spiro atoms. The summed E-state index contributed by atoms with van der Waals surface area (Å²) in [6.45, 7) is 12.2. The molecule has 1 aromatic rings. The topological polar surface area (TPSA) is 40.5 Å². The molecule has 1 saturated heterocycles. The smallest absolute Gasteiger partial charge is 0.222 e. The molecule has 3 heteroatoms. The summed E-state index contributed by atoms with van der Waals surface area (Å²) in [5.74, 6) is 1.16. The van der Waals surface area contributed by atoms with E-state index in [4.69, 9.17) is 0 Å². The molecule has 1 aromatic carbocycles. The van der Waals surface area contributed by atoms with Crippen LogP contribution >= 0.6 is 0 Å². The average molecular weight is 303 g/mol. The third-order valence-corrected chi connectivity index (χ3v) is 4.23. The van der Waals surface area contributed by atoms with Crippen LogP contribution in [0.2, 0.25) is 0 Å². The highest BCUT2D eigenvalue weighted by molar-refractivity contribution is 5.78. The van der Waals surface area contributed by atoms with Crippen LogP contribution in [0.25, 0.3) is 0 Å². The first-order valence-corrected chi connectivity index (χ1v) is 8.31. The lowest BCUT2D eigenvalue weighted by Gasteiger charge is -2.25. The Morgan fingerprint density at radius 1 is 1.27 bits per heavy atom. The number of phenols is 1. The van der Waals surface area contributed by atoms with Crippen LogP contribution in [0.3, 0.4) is 0 Å². The zero-order valence-corrected chi connectivity index (χ0v) is 14.6. The van der Waals surface area contributed by atoms with Crippen molar-refractivity contribution in [1.82, 2.24) is 4.90 Å². The zero-order chi connectivity index (χ0) is 16.5. The highest BCUT2D eigenvalue weighted by Gasteiger charge is 2.24. The number of rotatable bonds is 4. The zero-order valence-electron chi connectivity index (χ0n) is 14.6. The van der Waals surface area contributed by atoms with Crippen LogP contribution in [0.4, 0.5) is 0 Å². The number of phenolic OH excluding ortho intramolecular Hbond substituents is 1. The van der Waals surface area contributed by atoms with E-state index in [-0.39, 0.29) is 11.3 Å². The van der Waals surface area contributed by atoms with Crippen molar-refractivity contribution in [2.24, 2.45) is 5.92 Å². The molecule has 1 heterocycles. The Morgan fingerprint density at radius 3 is 2.45 bits per heavy atom. The van der Waals surface area contributed by atoms with Gasteiger partial charge in [0.25, 0.3) is 0 Å². The van der Waals surface area contributed by atoms with E-state index in [9.17, 15) is 9.90 Å². The van der Waals surface area contributed by atoms with Crippen LogP contribution in [0, 0.1) is 5.92 Å². The molecular weight excluding hydrogens is 274 g/mol. The van der Waals surface area contributed by atoms with Crippen molar-refractivity contribution in [3.63, 3.8) is 0 Å².